The molecule has 2 aromatic carbocycles. The Morgan fingerprint density at radius 2 is 1.78 bits per heavy atom. The van der Waals surface area contributed by atoms with Crippen LogP contribution in [0.15, 0.2) is 48.5 Å². The van der Waals surface area contributed by atoms with Crippen LogP contribution in [0.1, 0.15) is 23.1 Å². The fraction of sp³-hybridized carbons (Fsp3) is 0.316. The normalized spacial score (nSPS) is 10.3. The molecule has 0 bridgehead atoms. The number of aryl methyl sites for hydroxylation is 2. The number of rotatable bonds is 7. The molecule has 2 N–H and O–H groups in total. The standard InChI is InChI=1S/C19H24N2S2/c1-15-6-3-8-17(12-15)14-23-11-5-10-20-19(22)21-18-9-4-7-16(2)13-18/h3-4,6-9,12-13H,5,10-11,14H2,1-2H3,(H2,20,21,22). The van der Waals surface area contributed by atoms with Crippen molar-refractivity contribution < 1.29 is 0 Å². The Morgan fingerprint density at radius 3 is 2.52 bits per heavy atom. The molecule has 23 heavy (non-hydrogen) atoms. The van der Waals surface area contributed by atoms with Crippen LogP contribution in [0, 0.1) is 13.8 Å². The number of thioether (sulfide) groups is 1. The van der Waals surface area contributed by atoms with Crippen LogP contribution in [0.2, 0.25) is 0 Å². The van der Waals surface area contributed by atoms with E-state index in [1.807, 2.05) is 23.9 Å². The van der Waals surface area contributed by atoms with Crippen LogP contribution < -0.4 is 10.6 Å². The van der Waals surface area contributed by atoms with Gasteiger partial charge in [0, 0.05) is 18.0 Å². The maximum Gasteiger partial charge on any atom is 0.170 e. The van der Waals surface area contributed by atoms with Gasteiger partial charge >= 0.3 is 0 Å². The largest absolute Gasteiger partial charge is 0.362 e. The lowest BCUT2D eigenvalue weighted by Crippen LogP contribution is -2.29. The number of hydrogen-bond acceptors (Lipinski definition) is 2. The van der Waals surface area contributed by atoms with Crippen molar-refractivity contribution >= 4 is 34.8 Å². The molecule has 0 aliphatic heterocycles. The molecule has 0 amide bonds. The highest BCUT2D eigenvalue weighted by Crippen LogP contribution is 2.14. The lowest BCUT2D eigenvalue weighted by atomic mass is 10.2. The van der Waals surface area contributed by atoms with Crippen LogP contribution in [0.25, 0.3) is 0 Å². The van der Waals surface area contributed by atoms with Gasteiger partial charge in [0.15, 0.2) is 5.11 Å². The van der Waals surface area contributed by atoms with E-state index in [2.05, 4.69) is 60.9 Å². The number of benzene rings is 2. The summed E-state index contributed by atoms with van der Waals surface area (Å²) >= 11 is 7.29. The zero-order valence-corrected chi connectivity index (χ0v) is 15.4. The van der Waals surface area contributed by atoms with Gasteiger partial charge in [-0.25, -0.2) is 0 Å². The second-order valence-corrected chi connectivity index (χ2v) is 7.16. The van der Waals surface area contributed by atoms with E-state index in [1.54, 1.807) is 0 Å². The summed E-state index contributed by atoms with van der Waals surface area (Å²) in [5.41, 5.74) is 5.00. The summed E-state index contributed by atoms with van der Waals surface area (Å²) < 4.78 is 0. The minimum Gasteiger partial charge on any atom is -0.362 e. The summed E-state index contributed by atoms with van der Waals surface area (Å²) in [7, 11) is 0. The maximum atomic E-state index is 5.32. The van der Waals surface area contributed by atoms with E-state index in [9.17, 15) is 0 Å². The van der Waals surface area contributed by atoms with Crippen molar-refractivity contribution in [3.63, 3.8) is 0 Å². The first-order valence-corrected chi connectivity index (χ1v) is 9.44. The lowest BCUT2D eigenvalue weighted by Gasteiger charge is -2.11. The van der Waals surface area contributed by atoms with Gasteiger partial charge in [0.2, 0.25) is 0 Å². The Bertz CT molecular complexity index is 641. The SMILES string of the molecule is Cc1cccc(CSCCCNC(=S)Nc2cccc(C)c2)c1. The summed E-state index contributed by atoms with van der Waals surface area (Å²) in [4.78, 5) is 0. The van der Waals surface area contributed by atoms with Crippen molar-refractivity contribution in [3.05, 3.63) is 65.2 Å². The maximum absolute atomic E-state index is 5.32. The molecular weight excluding hydrogens is 320 g/mol. The van der Waals surface area contributed by atoms with Gasteiger partial charge in [-0.05, 0) is 61.5 Å². The molecule has 0 aliphatic carbocycles. The van der Waals surface area contributed by atoms with Gasteiger partial charge in [-0.1, -0.05) is 42.0 Å². The fourth-order valence-electron chi connectivity index (χ4n) is 2.27. The van der Waals surface area contributed by atoms with Crippen molar-refractivity contribution in [1.29, 1.82) is 0 Å². The molecule has 0 heterocycles. The number of hydrogen-bond donors (Lipinski definition) is 2. The van der Waals surface area contributed by atoms with Gasteiger partial charge in [0.25, 0.3) is 0 Å². The van der Waals surface area contributed by atoms with E-state index < -0.39 is 0 Å². The molecule has 122 valence electrons. The predicted molar refractivity (Wildman–Crippen MR) is 107 cm³/mol. The molecule has 0 saturated carbocycles. The number of anilines is 1. The fourth-order valence-corrected chi connectivity index (χ4v) is 3.39. The molecule has 0 radical (unpaired) electrons. The van der Waals surface area contributed by atoms with Crippen molar-refractivity contribution in [3.8, 4) is 0 Å². The number of nitrogens with one attached hydrogen (secondary N) is 2. The monoisotopic (exact) mass is 344 g/mol. The lowest BCUT2D eigenvalue weighted by molar-refractivity contribution is 0.854. The van der Waals surface area contributed by atoms with Crippen LogP contribution in [0.4, 0.5) is 5.69 Å². The van der Waals surface area contributed by atoms with Crippen LogP contribution in [-0.4, -0.2) is 17.4 Å². The van der Waals surface area contributed by atoms with Gasteiger partial charge in [-0.3, -0.25) is 0 Å². The van der Waals surface area contributed by atoms with Gasteiger partial charge in [-0.2, -0.15) is 11.8 Å². The molecular formula is C19H24N2S2. The first kappa shape index (κ1) is 17.8. The van der Waals surface area contributed by atoms with E-state index in [0.29, 0.717) is 5.11 Å². The highest BCUT2D eigenvalue weighted by molar-refractivity contribution is 7.98. The Kier molecular flexibility index (Phi) is 7.43. The van der Waals surface area contributed by atoms with Crippen molar-refractivity contribution in [2.24, 2.45) is 0 Å². The zero-order valence-electron chi connectivity index (χ0n) is 13.8. The molecule has 2 rings (SSSR count). The van der Waals surface area contributed by atoms with Gasteiger partial charge in [0.1, 0.15) is 0 Å². The molecule has 0 saturated heterocycles. The summed E-state index contributed by atoms with van der Waals surface area (Å²) in [6.07, 6.45) is 1.10. The molecule has 0 aliphatic rings. The second-order valence-electron chi connectivity index (χ2n) is 5.65. The van der Waals surface area contributed by atoms with E-state index in [4.69, 9.17) is 12.2 Å². The first-order valence-electron chi connectivity index (χ1n) is 7.88. The average molecular weight is 345 g/mol. The average Bonchev–Trinajstić information content (AvgIpc) is 2.51. The van der Waals surface area contributed by atoms with E-state index >= 15 is 0 Å². The highest BCUT2D eigenvalue weighted by atomic mass is 32.2. The third-order valence-electron chi connectivity index (χ3n) is 3.38. The Labute approximate surface area is 149 Å². The second kappa shape index (κ2) is 9.58. The molecule has 0 atom stereocenters. The van der Waals surface area contributed by atoms with Gasteiger partial charge in [0.05, 0.1) is 0 Å². The quantitative estimate of drug-likeness (QED) is 0.550. The third kappa shape index (κ3) is 7.06. The van der Waals surface area contributed by atoms with E-state index in [0.717, 1.165) is 30.2 Å². The molecule has 4 heteroatoms. The Hall–Kier alpha value is -1.52. The minimum absolute atomic E-state index is 0.694. The summed E-state index contributed by atoms with van der Waals surface area (Å²) in [6, 6.07) is 16.9. The molecule has 2 nitrogen and oxygen atoms in total. The first-order chi connectivity index (χ1) is 11.1. The Morgan fingerprint density at radius 1 is 1.04 bits per heavy atom. The summed E-state index contributed by atoms with van der Waals surface area (Å²) in [5.74, 6) is 2.21. The molecule has 0 aromatic heterocycles. The van der Waals surface area contributed by atoms with Crippen LogP contribution >= 0.6 is 24.0 Å². The van der Waals surface area contributed by atoms with Crippen LogP contribution in [-0.2, 0) is 5.75 Å². The molecule has 0 fully saturated rings. The zero-order chi connectivity index (χ0) is 16.5. The smallest absolute Gasteiger partial charge is 0.170 e. The Balaban J connectivity index is 1.57. The molecule has 0 spiro atoms. The third-order valence-corrected chi connectivity index (χ3v) is 4.74. The van der Waals surface area contributed by atoms with Gasteiger partial charge < -0.3 is 10.6 Å². The molecule has 2 aromatic rings. The number of thiocarbonyl (C=S) groups is 1. The van der Waals surface area contributed by atoms with E-state index in [1.165, 1.54) is 16.7 Å². The molecule has 0 unspecified atom stereocenters. The topological polar surface area (TPSA) is 24.1 Å². The van der Waals surface area contributed by atoms with Crippen LogP contribution in [0.5, 0.6) is 0 Å². The van der Waals surface area contributed by atoms with Crippen LogP contribution in [0.3, 0.4) is 0 Å². The van der Waals surface area contributed by atoms with Crippen molar-refractivity contribution in [1.82, 2.24) is 5.32 Å². The van der Waals surface area contributed by atoms with Crippen molar-refractivity contribution in [2.45, 2.75) is 26.0 Å². The highest BCUT2D eigenvalue weighted by Gasteiger charge is 1.98. The minimum atomic E-state index is 0.694. The van der Waals surface area contributed by atoms with Crippen molar-refractivity contribution in [2.75, 3.05) is 17.6 Å². The summed E-state index contributed by atoms with van der Waals surface area (Å²) in [6.45, 7) is 5.12. The van der Waals surface area contributed by atoms with E-state index in [-0.39, 0.29) is 0 Å². The van der Waals surface area contributed by atoms with Gasteiger partial charge in [-0.15, -0.1) is 0 Å². The summed E-state index contributed by atoms with van der Waals surface area (Å²) in [5, 5.41) is 7.18. The predicted octanol–water partition coefficient (Wildman–Crippen LogP) is 4.91.